The first-order chi connectivity index (χ1) is 19.6. The molecule has 0 atom stereocenters. The van der Waals surface area contributed by atoms with Crippen LogP contribution in [-0.4, -0.2) is 61.4 Å². The Morgan fingerprint density at radius 1 is 0.500 bits per heavy atom. The maximum Gasteiger partial charge on any atom is 0.340 e. The average Bonchev–Trinajstić information content (AvgIpc) is 2.98. The molecule has 0 heterocycles. The number of esters is 2. The van der Waals surface area contributed by atoms with E-state index in [4.69, 9.17) is 9.47 Å². The highest BCUT2D eigenvalue weighted by atomic mass is 16.6. The molecule has 0 fully saturated rings. The van der Waals surface area contributed by atoms with Crippen LogP contribution in [0.25, 0.3) is 0 Å². The van der Waals surface area contributed by atoms with Crippen molar-refractivity contribution < 1.29 is 19.1 Å². The summed E-state index contributed by atoms with van der Waals surface area (Å²) >= 11 is 0. The number of benzene rings is 1. The number of carbonyl (C=O) groups is 2. The van der Waals surface area contributed by atoms with Crippen molar-refractivity contribution >= 4 is 11.9 Å². The van der Waals surface area contributed by atoms with Crippen molar-refractivity contribution in [2.75, 3.05) is 39.6 Å². The quantitative estimate of drug-likeness (QED) is 0.0641. The van der Waals surface area contributed by atoms with Crippen LogP contribution in [0.2, 0.25) is 0 Å². The fourth-order valence-electron chi connectivity index (χ4n) is 4.82. The second-order valence-electron chi connectivity index (χ2n) is 11.1. The molecule has 0 spiro atoms. The molecule has 0 aliphatic carbocycles. The van der Waals surface area contributed by atoms with Crippen molar-refractivity contribution in [3.8, 4) is 0 Å². The lowest BCUT2D eigenvalue weighted by Gasteiger charge is -2.23. The molecule has 0 unspecified atom stereocenters. The minimum atomic E-state index is -0.462. The van der Waals surface area contributed by atoms with Crippen molar-refractivity contribution in [3.63, 3.8) is 0 Å². The van der Waals surface area contributed by atoms with Gasteiger partial charge in [-0.3, -0.25) is 9.80 Å². The Morgan fingerprint density at radius 2 is 0.800 bits per heavy atom. The third-order valence-corrected chi connectivity index (χ3v) is 7.43. The van der Waals surface area contributed by atoms with Crippen molar-refractivity contribution in [1.29, 1.82) is 0 Å². The maximum atomic E-state index is 13.1. The number of hydrogen-bond acceptors (Lipinski definition) is 6. The molecule has 0 saturated carbocycles. The summed E-state index contributed by atoms with van der Waals surface area (Å²) < 4.78 is 11.5. The summed E-state index contributed by atoms with van der Waals surface area (Å²) in [6.45, 7) is 13.1. The van der Waals surface area contributed by atoms with Gasteiger partial charge in [-0.05, 0) is 37.8 Å². The Kier molecular flexibility index (Phi) is 22.4. The van der Waals surface area contributed by atoms with Crippen molar-refractivity contribution in [3.05, 3.63) is 35.4 Å². The van der Waals surface area contributed by atoms with Gasteiger partial charge >= 0.3 is 11.9 Å². The smallest absolute Gasteiger partial charge is 0.340 e. The van der Waals surface area contributed by atoms with E-state index in [9.17, 15) is 9.59 Å². The summed E-state index contributed by atoms with van der Waals surface area (Å²) in [7, 11) is 0. The SMILES string of the molecule is CCCCCCN(CCCCCC)COC(=O)c1ccccc1C(=O)OCN(CCCCCC)CCCCCC. The van der Waals surface area contributed by atoms with Crippen molar-refractivity contribution in [2.45, 2.75) is 130 Å². The largest absolute Gasteiger partial charge is 0.446 e. The topological polar surface area (TPSA) is 59.1 Å². The molecule has 0 aromatic heterocycles. The standard InChI is InChI=1S/C34H60N2O4/c1-5-9-13-19-25-35(26-20-14-10-6-2)29-39-33(37)31-23-17-18-24-32(31)34(38)40-30-36(27-21-15-11-7-3)28-22-16-12-8-4/h17-18,23-24H,5-16,19-22,25-30H2,1-4H3. The van der Waals surface area contributed by atoms with Crippen LogP contribution >= 0.6 is 0 Å². The van der Waals surface area contributed by atoms with E-state index in [0.29, 0.717) is 0 Å². The number of nitrogens with zero attached hydrogens (tertiary/aromatic N) is 2. The predicted molar refractivity (Wildman–Crippen MR) is 167 cm³/mol. The monoisotopic (exact) mass is 560 g/mol. The van der Waals surface area contributed by atoms with E-state index in [1.54, 1.807) is 24.3 Å². The first kappa shape index (κ1) is 36.1. The van der Waals surface area contributed by atoms with E-state index < -0.39 is 11.9 Å². The molecule has 0 amide bonds. The minimum absolute atomic E-state index is 0.254. The Balaban J connectivity index is 2.73. The lowest BCUT2D eigenvalue weighted by atomic mass is 10.1. The predicted octanol–water partition coefficient (Wildman–Crippen LogP) is 8.84. The van der Waals surface area contributed by atoms with Gasteiger partial charge in [-0.25, -0.2) is 9.59 Å². The number of carbonyl (C=O) groups excluding carboxylic acids is 2. The first-order valence-corrected chi connectivity index (χ1v) is 16.4. The average molecular weight is 561 g/mol. The fourth-order valence-corrected chi connectivity index (χ4v) is 4.82. The van der Waals surface area contributed by atoms with Crippen LogP contribution in [0.1, 0.15) is 151 Å². The van der Waals surface area contributed by atoms with Gasteiger partial charge in [0.1, 0.15) is 13.5 Å². The Bertz CT molecular complexity index is 683. The van der Waals surface area contributed by atoms with Crippen LogP contribution in [0.15, 0.2) is 24.3 Å². The van der Waals surface area contributed by atoms with Gasteiger partial charge in [0.25, 0.3) is 0 Å². The van der Waals surface area contributed by atoms with E-state index in [1.807, 2.05) is 0 Å². The lowest BCUT2D eigenvalue weighted by molar-refractivity contribution is 0.0164. The van der Waals surface area contributed by atoms with Crippen LogP contribution in [0.4, 0.5) is 0 Å². The molecule has 0 saturated heterocycles. The molecule has 6 nitrogen and oxygen atoms in total. The Labute approximate surface area is 246 Å². The third kappa shape index (κ3) is 17.0. The second-order valence-corrected chi connectivity index (χ2v) is 11.1. The van der Waals surface area contributed by atoms with Gasteiger partial charge in [0, 0.05) is 26.2 Å². The van der Waals surface area contributed by atoms with Gasteiger partial charge in [0.05, 0.1) is 11.1 Å². The molecule has 6 heteroatoms. The molecule has 230 valence electrons. The number of ether oxygens (including phenoxy) is 2. The van der Waals surface area contributed by atoms with Crippen LogP contribution in [0, 0.1) is 0 Å². The molecule has 1 aromatic carbocycles. The molecular weight excluding hydrogens is 500 g/mol. The molecule has 0 bridgehead atoms. The summed E-state index contributed by atoms with van der Waals surface area (Å²) in [4.78, 5) is 30.7. The molecule has 1 aromatic rings. The molecule has 0 aliphatic rings. The van der Waals surface area contributed by atoms with E-state index in [-0.39, 0.29) is 24.6 Å². The molecule has 0 aliphatic heterocycles. The Morgan fingerprint density at radius 3 is 1.07 bits per heavy atom. The van der Waals surface area contributed by atoms with Crippen molar-refractivity contribution in [1.82, 2.24) is 9.80 Å². The highest BCUT2D eigenvalue weighted by Crippen LogP contribution is 2.14. The second kappa shape index (κ2) is 24.8. The highest BCUT2D eigenvalue weighted by molar-refractivity contribution is 6.03. The van der Waals surface area contributed by atoms with Gasteiger partial charge in [-0.1, -0.05) is 117 Å². The zero-order chi connectivity index (χ0) is 29.3. The van der Waals surface area contributed by atoms with Gasteiger partial charge < -0.3 is 9.47 Å². The summed E-state index contributed by atoms with van der Waals surface area (Å²) in [5.41, 5.74) is 0.559. The van der Waals surface area contributed by atoms with Crippen molar-refractivity contribution in [2.24, 2.45) is 0 Å². The highest BCUT2D eigenvalue weighted by Gasteiger charge is 2.20. The summed E-state index contributed by atoms with van der Waals surface area (Å²) in [6.07, 6.45) is 18.9. The maximum absolute atomic E-state index is 13.1. The molecule has 0 N–H and O–H groups in total. The normalized spacial score (nSPS) is 11.3. The minimum Gasteiger partial charge on any atom is -0.446 e. The van der Waals surface area contributed by atoms with E-state index in [1.165, 1.54) is 77.0 Å². The number of hydrogen-bond donors (Lipinski definition) is 0. The van der Waals surface area contributed by atoms with Gasteiger partial charge in [0.15, 0.2) is 0 Å². The van der Waals surface area contributed by atoms with Gasteiger partial charge in [0.2, 0.25) is 0 Å². The summed E-state index contributed by atoms with van der Waals surface area (Å²) in [5.74, 6) is -0.925. The Hall–Kier alpha value is -1.92. The first-order valence-electron chi connectivity index (χ1n) is 16.4. The lowest BCUT2D eigenvalue weighted by Crippen LogP contribution is -2.31. The van der Waals surface area contributed by atoms with Crippen LogP contribution in [0.5, 0.6) is 0 Å². The zero-order valence-electron chi connectivity index (χ0n) is 26.4. The summed E-state index contributed by atoms with van der Waals surface area (Å²) in [5, 5.41) is 0. The van der Waals surface area contributed by atoms with E-state index in [0.717, 1.165) is 51.9 Å². The fraction of sp³-hybridized carbons (Fsp3) is 0.765. The van der Waals surface area contributed by atoms with Crippen LogP contribution in [-0.2, 0) is 9.47 Å². The molecule has 0 radical (unpaired) electrons. The van der Waals surface area contributed by atoms with Gasteiger partial charge in [-0.2, -0.15) is 0 Å². The molecular formula is C34H60N2O4. The number of rotatable bonds is 26. The van der Waals surface area contributed by atoms with E-state index >= 15 is 0 Å². The number of unbranched alkanes of at least 4 members (excludes halogenated alkanes) is 12. The van der Waals surface area contributed by atoms with Crippen LogP contribution < -0.4 is 0 Å². The van der Waals surface area contributed by atoms with E-state index in [2.05, 4.69) is 37.5 Å². The zero-order valence-corrected chi connectivity index (χ0v) is 26.4. The molecule has 1 rings (SSSR count). The van der Waals surface area contributed by atoms with Crippen LogP contribution in [0.3, 0.4) is 0 Å². The summed E-state index contributed by atoms with van der Waals surface area (Å²) in [6, 6.07) is 6.88. The molecule has 40 heavy (non-hydrogen) atoms. The third-order valence-electron chi connectivity index (χ3n) is 7.43. The van der Waals surface area contributed by atoms with Gasteiger partial charge in [-0.15, -0.1) is 0 Å².